The van der Waals surface area contributed by atoms with Gasteiger partial charge in [-0.1, -0.05) is 30.3 Å². The zero-order valence-electron chi connectivity index (χ0n) is 16.3. The molecule has 2 aliphatic rings. The van der Waals surface area contributed by atoms with Crippen molar-refractivity contribution in [2.24, 2.45) is 0 Å². The van der Waals surface area contributed by atoms with Crippen molar-refractivity contribution in [1.82, 2.24) is 14.8 Å². The van der Waals surface area contributed by atoms with Crippen LogP contribution < -0.4 is 5.32 Å². The third-order valence-corrected chi connectivity index (χ3v) is 5.81. The second-order valence-corrected chi connectivity index (χ2v) is 7.84. The maximum atomic E-state index is 10.4. The molecule has 1 saturated heterocycles. The number of ether oxygens (including phenoxy) is 1. The van der Waals surface area contributed by atoms with Crippen molar-refractivity contribution in [3.63, 3.8) is 0 Å². The van der Waals surface area contributed by atoms with E-state index in [1.807, 2.05) is 34.9 Å². The van der Waals surface area contributed by atoms with E-state index in [-0.39, 0.29) is 11.9 Å². The maximum Gasteiger partial charge on any atom is 0.139 e. The first-order chi connectivity index (χ1) is 14.2. The summed E-state index contributed by atoms with van der Waals surface area (Å²) in [6, 6.07) is 16.1. The number of aromatic hydroxyl groups is 1. The highest BCUT2D eigenvalue weighted by Gasteiger charge is 2.35. The van der Waals surface area contributed by atoms with E-state index in [0.717, 1.165) is 41.5 Å². The molecule has 0 spiro atoms. The quantitative estimate of drug-likeness (QED) is 0.462. The van der Waals surface area contributed by atoms with E-state index < -0.39 is 0 Å². The molecule has 0 radical (unpaired) electrons. The van der Waals surface area contributed by atoms with E-state index in [1.165, 1.54) is 0 Å². The van der Waals surface area contributed by atoms with Gasteiger partial charge in [-0.05, 0) is 36.6 Å². The van der Waals surface area contributed by atoms with Crippen LogP contribution in [-0.4, -0.2) is 52.3 Å². The average molecular weight is 390 g/mol. The van der Waals surface area contributed by atoms with Gasteiger partial charge in [-0.15, -0.1) is 0 Å². The molecule has 0 bridgehead atoms. The van der Waals surface area contributed by atoms with Crippen LogP contribution in [0.25, 0.3) is 16.6 Å². The fraction of sp³-hybridized carbons (Fsp3) is 0.348. The topological polar surface area (TPSA) is 73.5 Å². The monoisotopic (exact) mass is 390 g/mol. The number of benzene rings is 2. The van der Waals surface area contributed by atoms with Gasteiger partial charge in [0.15, 0.2) is 0 Å². The Kier molecular flexibility index (Phi) is 4.73. The van der Waals surface area contributed by atoms with Crippen molar-refractivity contribution in [3.8, 4) is 11.4 Å². The highest BCUT2D eigenvalue weighted by molar-refractivity contribution is 5.88. The van der Waals surface area contributed by atoms with Crippen molar-refractivity contribution in [2.45, 2.75) is 31.5 Å². The van der Waals surface area contributed by atoms with Crippen molar-refractivity contribution < 1.29 is 9.84 Å². The predicted molar refractivity (Wildman–Crippen MR) is 114 cm³/mol. The van der Waals surface area contributed by atoms with Crippen molar-refractivity contribution in [3.05, 3.63) is 60.3 Å². The van der Waals surface area contributed by atoms with Crippen LogP contribution in [0.15, 0.2) is 54.7 Å². The Bertz CT molecular complexity index is 1030. The molecule has 2 heterocycles. The Morgan fingerprint density at radius 1 is 1.17 bits per heavy atom. The Hall–Kier alpha value is -2.83. The number of phenols is 1. The van der Waals surface area contributed by atoms with Crippen LogP contribution in [0.1, 0.15) is 18.4 Å². The first-order valence-corrected chi connectivity index (χ1v) is 10.3. The molecule has 0 amide bonds. The Morgan fingerprint density at radius 3 is 2.72 bits per heavy atom. The van der Waals surface area contributed by atoms with Gasteiger partial charge in [-0.2, -0.15) is 0 Å². The van der Waals surface area contributed by atoms with Crippen LogP contribution in [0.5, 0.6) is 5.75 Å². The highest BCUT2D eigenvalue weighted by Crippen LogP contribution is 2.33. The van der Waals surface area contributed by atoms with E-state index in [2.05, 4.69) is 28.5 Å². The molecule has 3 aromatic rings. The molecule has 150 valence electrons. The lowest BCUT2D eigenvalue weighted by Gasteiger charge is -2.32. The number of nitrogens with zero attached hydrogens (tertiary/aromatic N) is 2. The standard InChI is InChI=1S/C23H26N4O2/c24-23(22-13-25-11-12-29-22)26(17-9-10-17)14-16-15-27(19-6-2-1-5-18(16)19)20-7-3-4-8-21(20)28/h1-8,15,17,22,24-25,28H,9-14H2. The first kappa shape index (κ1) is 18.2. The van der Waals surface area contributed by atoms with Crippen LogP contribution in [-0.2, 0) is 11.3 Å². The number of phenolic OH excluding ortho intramolecular Hbond substituents is 1. The number of hydrogen-bond donors (Lipinski definition) is 3. The summed E-state index contributed by atoms with van der Waals surface area (Å²) in [4.78, 5) is 2.20. The highest BCUT2D eigenvalue weighted by atomic mass is 16.5. The molecule has 6 nitrogen and oxygen atoms in total. The van der Waals surface area contributed by atoms with Crippen LogP contribution in [0.3, 0.4) is 0 Å². The van der Waals surface area contributed by atoms with Gasteiger partial charge in [-0.25, -0.2) is 0 Å². The van der Waals surface area contributed by atoms with Gasteiger partial charge in [0.1, 0.15) is 17.7 Å². The summed E-state index contributed by atoms with van der Waals surface area (Å²) in [5.74, 6) is 0.826. The summed E-state index contributed by atoms with van der Waals surface area (Å²) in [5.41, 5.74) is 2.98. The molecule has 1 unspecified atom stereocenters. The average Bonchev–Trinajstić information content (AvgIpc) is 3.54. The summed E-state index contributed by atoms with van der Waals surface area (Å²) in [7, 11) is 0. The minimum atomic E-state index is -0.184. The van der Waals surface area contributed by atoms with Crippen molar-refractivity contribution in [1.29, 1.82) is 5.41 Å². The Balaban J connectivity index is 1.51. The fourth-order valence-electron chi connectivity index (χ4n) is 4.15. The first-order valence-electron chi connectivity index (χ1n) is 10.3. The van der Waals surface area contributed by atoms with E-state index in [0.29, 0.717) is 31.6 Å². The second kappa shape index (κ2) is 7.54. The maximum absolute atomic E-state index is 10.4. The lowest BCUT2D eigenvalue weighted by atomic mass is 10.1. The fourth-order valence-corrected chi connectivity index (χ4v) is 4.15. The smallest absolute Gasteiger partial charge is 0.139 e. The molecule has 1 aliphatic heterocycles. The zero-order chi connectivity index (χ0) is 19.8. The Labute approximate surface area is 170 Å². The second-order valence-electron chi connectivity index (χ2n) is 7.84. The van der Waals surface area contributed by atoms with E-state index in [4.69, 9.17) is 10.1 Å². The van der Waals surface area contributed by atoms with E-state index >= 15 is 0 Å². The molecular weight excluding hydrogens is 364 g/mol. The van der Waals surface area contributed by atoms with E-state index in [1.54, 1.807) is 6.07 Å². The summed E-state index contributed by atoms with van der Waals surface area (Å²) in [5, 5.41) is 23.7. The molecule has 2 fully saturated rings. The van der Waals surface area contributed by atoms with Gasteiger partial charge in [-0.3, -0.25) is 5.41 Å². The molecular formula is C23H26N4O2. The molecule has 3 N–H and O–H groups in total. The molecule has 2 aromatic carbocycles. The zero-order valence-corrected chi connectivity index (χ0v) is 16.3. The predicted octanol–water partition coefficient (Wildman–Crippen LogP) is 3.27. The van der Waals surface area contributed by atoms with Gasteiger partial charge in [0.25, 0.3) is 0 Å². The number of aromatic nitrogens is 1. The van der Waals surface area contributed by atoms with Crippen LogP contribution in [0.2, 0.25) is 0 Å². The van der Waals surface area contributed by atoms with Crippen molar-refractivity contribution >= 4 is 16.7 Å². The van der Waals surface area contributed by atoms with Gasteiger partial charge in [0.2, 0.25) is 0 Å². The van der Waals surface area contributed by atoms with Gasteiger partial charge in [0.05, 0.1) is 17.8 Å². The number of morpholine rings is 1. The van der Waals surface area contributed by atoms with Gasteiger partial charge >= 0.3 is 0 Å². The number of nitrogens with one attached hydrogen (secondary N) is 2. The van der Waals surface area contributed by atoms with Crippen LogP contribution >= 0.6 is 0 Å². The summed E-state index contributed by atoms with van der Waals surface area (Å²) < 4.78 is 7.90. The summed E-state index contributed by atoms with van der Waals surface area (Å²) >= 11 is 0. The van der Waals surface area contributed by atoms with Gasteiger partial charge < -0.3 is 24.6 Å². The normalized spacial score (nSPS) is 19.4. The molecule has 5 rings (SSSR count). The summed E-state index contributed by atoms with van der Waals surface area (Å²) in [6.45, 7) is 2.87. The van der Waals surface area contributed by atoms with E-state index in [9.17, 15) is 5.11 Å². The molecule has 1 atom stereocenters. The lowest BCUT2D eigenvalue weighted by Crippen LogP contribution is -2.49. The minimum absolute atomic E-state index is 0.184. The molecule has 6 heteroatoms. The third-order valence-electron chi connectivity index (χ3n) is 5.81. The Morgan fingerprint density at radius 2 is 1.97 bits per heavy atom. The summed E-state index contributed by atoms with van der Waals surface area (Å²) in [6.07, 6.45) is 4.17. The molecule has 1 saturated carbocycles. The molecule has 29 heavy (non-hydrogen) atoms. The number of fused-ring (bicyclic) bond motifs is 1. The van der Waals surface area contributed by atoms with Gasteiger partial charge in [0, 0.05) is 37.3 Å². The third kappa shape index (κ3) is 3.50. The van der Waals surface area contributed by atoms with Crippen molar-refractivity contribution in [2.75, 3.05) is 19.7 Å². The molecule has 1 aromatic heterocycles. The lowest BCUT2D eigenvalue weighted by molar-refractivity contribution is 0.0613. The van der Waals surface area contributed by atoms with Crippen LogP contribution in [0, 0.1) is 5.41 Å². The SMILES string of the molecule is N=C(C1CNCCO1)N(Cc1cn(-c2ccccc2O)c2ccccc12)C1CC1. The largest absolute Gasteiger partial charge is 0.506 e. The number of rotatable bonds is 5. The van der Waals surface area contributed by atoms with Crippen LogP contribution in [0.4, 0.5) is 0 Å². The number of hydrogen-bond acceptors (Lipinski definition) is 4. The minimum Gasteiger partial charge on any atom is -0.506 e. The number of para-hydroxylation sites is 3. The molecule has 1 aliphatic carbocycles. The number of amidine groups is 1.